The third-order valence-corrected chi connectivity index (χ3v) is 7.27. The molecule has 3 atom stereocenters. The Bertz CT molecular complexity index is 793. The van der Waals surface area contributed by atoms with E-state index in [-0.39, 0.29) is 36.6 Å². The van der Waals surface area contributed by atoms with E-state index >= 15 is 0 Å². The molecule has 3 nitrogen and oxygen atoms in total. The van der Waals surface area contributed by atoms with E-state index in [1.165, 1.54) is 11.9 Å². The van der Waals surface area contributed by atoms with E-state index in [4.69, 9.17) is 11.1 Å². The third kappa shape index (κ3) is 4.25. The lowest BCUT2D eigenvalue weighted by Crippen LogP contribution is -2.28. The molecule has 1 fully saturated rings. The van der Waals surface area contributed by atoms with Crippen molar-refractivity contribution in [2.45, 2.75) is 69.6 Å². The van der Waals surface area contributed by atoms with Gasteiger partial charge in [0.05, 0.1) is 11.8 Å². The largest absolute Gasteiger partial charge is 0.384 e. The number of nitrogens with one attached hydrogen (secondary N) is 1. The molecule has 2 aliphatic rings. The number of nitrogen functional groups attached to an aromatic ring is 1. The van der Waals surface area contributed by atoms with Gasteiger partial charge in [0.2, 0.25) is 0 Å². The van der Waals surface area contributed by atoms with Crippen LogP contribution < -0.4 is 5.73 Å². The summed E-state index contributed by atoms with van der Waals surface area (Å²) in [5.41, 5.74) is 9.27. The monoisotopic (exact) mass is 411 g/mol. The number of allylic oxidation sites excluding steroid dienone is 1. The Morgan fingerprint density at radius 2 is 2.04 bits per heavy atom. The van der Waals surface area contributed by atoms with Gasteiger partial charge in [-0.2, -0.15) is 0 Å². The lowest BCUT2D eigenvalue weighted by Gasteiger charge is -2.30. The molecule has 3 rings (SSSR count). The fraction of sp³-hybridized carbons (Fsp3) is 0.571. The summed E-state index contributed by atoms with van der Waals surface area (Å²) in [7, 11) is 0. The predicted molar refractivity (Wildman–Crippen MR) is 110 cm³/mol. The van der Waals surface area contributed by atoms with Gasteiger partial charge in [0.1, 0.15) is 11.7 Å². The Kier molecular flexibility index (Phi) is 6.15. The van der Waals surface area contributed by atoms with Gasteiger partial charge in [-0.25, -0.2) is 17.5 Å². The summed E-state index contributed by atoms with van der Waals surface area (Å²) in [4.78, 5) is 0. The van der Waals surface area contributed by atoms with Crippen LogP contribution in [0.3, 0.4) is 0 Å². The number of alkyl halides is 2. The maximum Gasteiger partial charge on any atom is 0.263 e. The van der Waals surface area contributed by atoms with Gasteiger partial charge in [-0.3, -0.25) is 5.41 Å². The van der Waals surface area contributed by atoms with Crippen LogP contribution in [-0.2, 0) is 0 Å². The van der Waals surface area contributed by atoms with Crippen LogP contribution in [0.4, 0.5) is 13.2 Å². The number of hydrogen-bond donors (Lipinski definition) is 2. The molecule has 0 bridgehead atoms. The van der Waals surface area contributed by atoms with Crippen LogP contribution in [0.25, 0.3) is 0 Å². The molecule has 1 aliphatic carbocycles. The maximum atomic E-state index is 14.9. The molecule has 0 radical (unpaired) electrons. The molecule has 28 heavy (non-hydrogen) atoms. The van der Waals surface area contributed by atoms with Crippen molar-refractivity contribution < 1.29 is 13.2 Å². The Balaban J connectivity index is 1.78. The SMILES string of the molecule is CCC1CC(F)(F)CN1SC1CCC(c2ccc(C)c(C(=N)N)c2C)C=C1F. The highest BCUT2D eigenvalue weighted by atomic mass is 32.2. The lowest BCUT2D eigenvalue weighted by molar-refractivity contribution is 0.0175. The van der Waals surface area contributed by atoms with Gasteiger partial charge < -0.3 is 5.73 Å². The second-order valence-corrected chi connectivity index (χ2v) is 9.16. The highest BCUT2D eigenvalue weighted by Gasteiger charge is 2.45. The van der Waals surface area contributed by atoms with Gasteiger partial charge in [0.15, 0.2) is 0 Å². The predicted octanol–water partition coefficient (Wildman–Crippen LogP) is 5.45. The van der Waals surface area contributed by atoms with E-state index in [0.29, 0.717) is 18.4 Å². The second-order valence-electron chi connectivity index (χ2n) is 7.91. The highest BCUT2D eigenvalue weighted by Crippen LogP contribution is 2.44. The zero-order valence-corrected chi connectivity index (χ0v) is 17.4. The average Bonchev–Trinajstić information content (AvgIpc) is 2.90. The van der Waals surface area contributed by atoms with E-state index in [9.17, 15) is 13.2 Å². The van der Waals surface area contributed by atoms with Gasteiger partial charge in [0, 0.05) is 23.9 Å². The summed E-state index contributed by atoms with van der Waals surface area (Å²) in [6, 6.07) is 3.69. The molecular formula is C21H28F3N3S. The summed E-state index contributed by atoms with van der Waals surface area (Å²) in [5, 5.41) is 7.41. The molecule has 3 unspecified atom stereocenters. The normalized spacial score (nSPS) is 27.6. The zero-order chi connectivity index (χ0) is 20.6. The van der Waals surface area contributed by atoms with Crippen molar-refractivity contribution in [2.24, 2.45) is 5.73 Å². The fourth-order valence-corrected chi connectivity index (χ4v) is 5.79. The summed E-state index contributed by atoms with van der Waals surface area (Å²) in [6.45, 7) is 5.43. The van der Waals surface area contributed by atoms with Crippen LogP contribution in [0.1, 0.15) is 60.8 Å². The standard InChI is InChI=1S/C21H28F3N3S/c1-4-15-10-21(23,24)11-27(15)28-18-8-6-14(9-17(18)22)16-7-5-12(2)19(13(16)3)20(25)26/h5,7,9,14-15,18H,4,6,8,10-11H2,1-3H3,(H3,25,26). The van der Waals surface area contributed by atoms with Crippen LogP contribution in [0.2, 0.25) is 0 Å². The van der Waals surface area contributed by atoms with Crippen molar-refractivity contribution in [3.05, 3.63) is 46.3 Å². The Hall–Kier alpha value is -1.47. The van der Waals surface area contributed by atoms with Gasteiger partial charge in [-0.15, -0.1) is 0 Å². The van der Waals surface area contributed by atoms with Gasteiger partial charge in [-0.1, -0.05) is 31.0 Å². The highest BCUT2D eigenvalue weighted by molar-refractivity contribution is 7.97. The number of nitrogens with zero attached hydrogens (tertiary/aromatic N) is 1. The summed E-state index contributed by atoms with van der Waals surface area (Å²) >= 11 is 1.24. The first kappa shape index (κ1) is 21.2. The number of amidine groups is 1. The maximum absolute atomic E-state index is 14.9. The van der Waals surface area contributed by atoms with Crippen molar-refractivity contribution in [3.63, 3.8) is 0 Å². The van der Waals surface area contributed by atoms with Crippen LogP contribution in [0, 0.1) is 19.3 Å². The van der Waals surface area contributed by atoms with Crippen LogP contribution >= 0.6 is 11.9 Å². The topological polar surface area (TPSA) is 53.1 Å². The number of nitrogens with two attached hydrogens (primary N) is 1. The molecule has 0 spiro atoms. The molecule has 0 aromatic heterocycles. The van der Waals surface area contributed by atoms with E-state index in [1.807, 2.05) is 32.9 Å². The van der Waals surface area contributed by atoms with Crippen molar-refractivity contribution >= 4 is 17.8 Å². The number of halogens is 3. The van der Waals surface area contributed by atoms with Gasteiger partial charge in [0.25, 0.3) is 5.92 Å². The van der Waals surface area contributed by atoms with Crippen LogP contribution in [0.15, 0.2) is 24.0 Å². The minimum Gasteiger partial charge on any atom is -0.384 e. The number of rotatable bonds is 5. The molecule has 1 aromatic rings. The Morgan fingerprint density at radius 3 is 2.64 bits per heavy atom. The average molecular weight is 412 g/mol. The zero-order valence-electron chi connectivity index (χ0n) is 16.6. The first-order valence-corrected chi connectivity index (χ1v) is 10.6. The van der Waals surface area contributed by atoms with Crippen LogP contribution in [0.5, 0.6) is 0 Å². The molecule has 0 amide bonds. The van der Waals surface area contributed by atoms with Crippen molar-refractivity contribution in [3.8, 4) is 0 Å². The van der Waals surface area contributed by atoms with Gasteiger partial charge >= 0.3 is 0 Å². The minimum atomic E-state index is -2.69. The summed E-state index contributed by atoms with van der Waals surface area (Å²) < 4.78 is 44.1. The smallest absolute Gasteiger partial charge is 0.263 e. The third-order valence-electron chi connectivity index (χ3n) is 5.85. The molecule has 1 aromatic carbocycles. The minimum absolute atomic E-state index is 0.0195. The molecule has 1 aliphatic heterocycles. The van der Waals surface area contributed by atoms with Crippen molar-refractivity contribution in [1.29, 1.82) is 5.41 Å². The molecule has 154 valence electrons. The number of aryl methyl sites for hydroxylation is 1. The van der Waals surface area contributed by atoms with E-state index in [2.05, 4.69) is 0 Å². The number of benzene rings is 1. The van der Waals surface area contributed by atoms with E-state index in [1.54, 1.807) is 10.4 Å². The first-order valence-electron chi connectivity index (χ1n) is 9.76. The lowest BCUT2D eigenvalue weighted by atomic mass is 9.83. The second kappa shape index (κ2) is 8.11. The molecule has 7 heteroatoms. The molecule has 1 heterocycles. The summed E-state index contributed by atoms with van der Waals surface area (Å²) in [6.07, 6.45) is 3.46. The quantitative estimate of drug-likeness (QED) is 0.385. The van der Waals surface area contributed by atoms with Crippen LogP contribution in [-0.4, -0.2) is 33.9 Å². The Labute approximate surface area is 169 Å². The summed E-state index contributed by atoms with van der Waals surface area (Å²) in [5.74, 6) is -2.99. The molecular weight excluding hydrogens is 383 g/mol. The van der Waals surface area contributed by atoms with Crippen molar-refractivity contribution in [1.82, 2.24) is 4.31 Å². The van der Waals surface area contributed by atoms with E-state index in [0.717, 1.165) is 23.1 Å². The Morgan fingerprint density at radius 1 is 1.32 bits per heavy atom. The molecule has 0 saturated carbocycles. The molecule has 1 saturated heterocycles. The molecule has 3 N–H and O–H groups in total. The van der Waals surface area contributed by atoms with E-state index < -0.39 is 11.2 Å². The first-order chi connectivity index (χ1) is 13.1. The van der Waals surface area contributed by atoms with Crippen molar-refractivity contribution in [2.75, 3.05) is 6.54 Å². The number of hydrogen-bond acceptors (Lipinski definition) is 3. The van der Waals surface area contributed by atoms with Gasteiger partial charge in [-0.05, 0) is 55.9 Å². The fourth-order valence-electron chi connectivity index (χ4n) is 4.38.